The molecule has 0 aliphatic carbocycles. The van der Waals surface area contributed by atoms with E-state index in [9.17, 15) is 13.2 Å². The molecule has 0 aliphatic rings. The molecular weight excluding hydrogens is 261 g/mol. The highest BCUT2D eigenvalue weighted by atomic mass is 79.9. The second-order valence-electron chi connectivity index (χ2n) is 3.01. The fraction of sp³-hybridized carbons (Fsp3) is 0.333. The van der Waals surface area contributed by atoms with Gasteiger partial charge in [-0.3, -0.25) is 0 Å². The Morgan fingerprint density at radius 1 is 1.29 bits per heavy atom. The summed E-state index contributed by atoms with van der Waals surface area (Å²) in [6, 6.07) is 4.24. The van der Waals surface area contributed by atoms with Crippen molar-refractivity contribution in [3.05, 3.63) is 33.8 Å². The molecule has 1 nitrogen and oxygen atoms in total. The number of aliphatic hydroxyl groups is 1. The van der Waals surface area contributed by atoms with E-state index in [4.69, 9.17) is 5.11 Å². The van der Waals surface area contributed by atoms with Crippen LogP contribution in [0.1, 0.15) is 17.2 Å². The monoisotopic (exact) mass is 268 g/mol. The number of aryl methyl sites for hydroxylation is 1. The van der Waals surface area contributed by atoms with E-state index in [2.05, 4.69) is 15.9 Å². The number of rotatable bonds is 1. The van der Waals surface area contributed by atoms with Crippen molar-refractivity contribution < 1.29 is 18.3 Å². The molecule has 0 aromatic heterocycles. The van der Waals surface area contributed by atoms with Crippen LogP contribution in [0.4, 0.5) is 13.2 Å². The van der Waals surface area contributed by atoms with Gasteiger partial charge in [-0.2, -0.15) is 13.2 Å². The summed E-state index contributed by atoms with van der Waals surface area (Å²) in [5, 5.41) is 8.96. The second kappa shape index (κ2) is 3.90. The van der Waals surface area contributed by atoms with Gasteiger partial charge < -0.3 is 5.11 Å². The lowest BCUT2D eigenvalue weighted by Gasteiger charge is -2.15. The van der Waals surface area contributed by atoms with Gasteiger partial charge in [-0.25, -0.2) is 0 Å². The first kappa shape index (κ1) is 11.5. The first-order chi connectivity index (χ1) is 6.30. The Balaban J connectivity index is 3.07. The molecule has 0 amide bonds. The Hall–Kier alpha value is -0.550. The highest BCUT2D eigenvalue weighted by molar-refractivity contribution is 9.10. The van der Waals surface area contributed by atoms with Gasteiger partial charge in [-0.15, -0.1) is 0 Å². The van der Waals surface area contributed by atoms with Crippen molar-refractivity contribution in [1.82, 2.24) is 0 Å². The molecule has 0 fully saturated rings. The van der Waals surface area contributed by atoms with Crippen LogP contribution >= 0.6 is 15.9 Å². The third-order valence-corrected chi connectivity index (χ3v) is 2.15. The first-order valence-electron chi connectivity index (χ1n) is 3.82. The number of benzene rings is 1. The molecule has 0 aliphatic heterocycles. The summed E-state index contributed by atoms with van der Waals surface area (Å²) in [6.45, 7) is 1.66. The van der Waals surface area contributed by atoms with Crippen LogP contribution < -0.4 is 0 Å². The first-order valence-corrected chi connectivity index (χ1v) is 4.62. The molecule has 0 unspecified atom stereocenters. The Morgan fingerprint density at radius 2 is 1.86 bits per heavy atom. The highest BCUT2D eigenvalue weighted by Crippen LogP contribution is 2.33. The number of hydrogen-bond donors (Lipinski definition) is 1. The molecule has 0 saturated heterocycles. The smallest absolute Gasteiger partial charge is 0.379 e. The summed E-state index contributed by atoms with van der Waals surface area (Å²) in [4.78, 5) is 0. The van der Waals surface area contributed by atoms with E-state index >= 15 is 0 Å². The second-order valence-corrected chi connectivity index (χ2v) is 3.92. The molecule has 1 aromatic rings. The lowest BCUT2D eigenvalue weighted by molar-refractivity contribution is -0.206. The molecule has 1 aromatic carbocycles. The molecule has 1 rings (SSSR count). The minimum absolute atomic E-state index is 0.149. The van der Waals surface area contributed by atoms with Gasteiger partial charge in [-0.1, -0.05) is 22.0 Å². The summed E-state index contributed by atoms with van der Waals surface area (Å²) < 4.78 is 36.9. The zero-order chi connectivity index (χ0) is 10.9. The zero-order valence-electron chi connectivity index (χ0n) is 7.27. The Bertz CT molecular complexity index is 315. The van der Waals surface area contributed by atoms with Crippen molar-refractivity contribution in [2.24, 2.45) is 0 Å². The van der Waals surface area contributed by atoms with E-state index in [0.29, 0.717) is 10.0 Å². The third-order valence-electron chi connectivity index (χ3n) is 1.69. The molecule has 1 atom stereocenters. The maximum atomic E-state index is 12.1. The summed E-state index contributed by atoms with van der Waals surface area (Å²) in [5.41, 5.74) is 0.516. The average Bonchev–Trinajstić information content (AvgIpc) is 1.99. The number of aliphatic hydroxyl groups excluding tert-OH is 1. The summed E-state index contributed by atoms with van der Waals surface area (Å²) in [7, 11) is 0. The van der Waals surface area contributed by atoms with E-state index in [-0.39, 0.29) is 5.56 Å². The molecule has 0 bridgehead atoms. The van der Waals surface area contributed by atoms with Gasteiger partial charge in [0.2, 0.25) is 0 Å². The van der Waals surface area contributed by atoms with Gasteiger partial charge in [0.25, 0.3) is 0 Å². The van der Waals surface area contributed by atoms with E-state index in [0.717, 1.165) is 0 Å². The van der Waals surface area contributed by atoms with Crippen molar-refractivity contribution >= 4 is 15.9 Å². The maximum absolute atomic E-state index is 12.1. The molecule has 0 radical (unpaired) electrons. The van der Waals surface area contributed by atoms with Gasteiger partial charge >= 0.3 is 6.18 Å². The van der Waals surface area contributed by atoms with Crippen LogP contribution in [0.15, 0.2) is 22.7 Å². The predicted octanol–water partition coefficient (Wildman–Crippen LogP) is 3.35. The van der Waals surface area contributed by atoms with Gasteiger partial charge in [0.1, 0.15) is 0 Å². The molecule has 0 saturated carbocycles. The Morgan fingerprint density at radius 3 is 2.29 bits per heavy atom. The van der Waals surface area contributed by atoms with Crippen molar-refractivity contribution in [2.75, 3.05) is 0 Å². The normalized spacial score (nSPS) is 14.1. The van der Waals surface area contributed by atoms with Gasteiger partial charge in [0, 0.05) is 4.47 Å². The third kappa shape index (κ3) is 2.72. The van der Waals surface area contributed by atoms with Crippen LogP contribution in [0.25, 0.3) is 0 Å². The average molecular weight is 269 g/mol. The number of alkyl halides is 3. The summed E-state index contributed by atoms with van der Waals surface area (Å²) >= 11 is 3.07. The van der Waals surface area contributed by atoms with Crippen molar-refractivity contribution in [3.8, 4) is 0 Å². The van der Waals surface area contributed by atoms with E-state index in [1.807, 2.05) is 0 Å². The van der Waals surface area contributed by atoms with E-state index < -0.39 is 12.3 Å². The number of halogens is 4. The topological polar surface area (TPSA) is 20.2 Å². The molecule has 0 heterocycles. The lowest BCUT2D eigenvalue weighted by Crippen LogP contribution is -2.20. The van der Waals surface area contributed by atoms with Gasteiger partial charge in [0.05, 0.1) is 0 Å². The SMILES string of the molecule is Cc1cc(Br)cc([C@@H](O)C(F)(F)F)c1. The van der Waals surface area contributed by atoms with Crippen molar-refractivity contribution in [1.29, 1.82) is 0 Å². The summed E-state index contributed by atoms with van der Waals surface area (Å²) in [6.07, 6.45) is -7.04. The highest BCUT2D eigenvalue weighted by Gasteiger charge is 2.39. The fourth-order valence-electron chi connectivity index (χ4n) is 1.11. The van der Waals surface area contributed by atoms with Gasteiger partial charge in [0.15, 0.2) is 6.10 Å². The fourth-order valence-corrected chi connectivity index (χ4v) is 1.74. The molecule has 5 heteroatoms. The van der Waals surface area contributed by atoms with Gasteiger partial charge in [-0.05, 0) is 30.2 Å². The standard InChI is InChI=1S/C9H8BrF3O/c1-5-2-6(4-7(10)3-5)8(14)9(11,12)13/h2-4,8,14H,1H3/t8-/m1/s1. The van der Waals surface area contributed by atoms with E-state index in [1.165, 1.54) is 12.1 Å². The van der Waals surface area contributed by atoms with E-state index in [1.54, 1.807) is 13.0 Å². The quantitative estimate of drug-likeness (QED) is 0.828. The molecule has 1 N–H and O–H groups in total. The maximum Gasteiger partial charge on any atom is 0.418 e. The summed E-state index contributed by atoms with van der Waals surface area (Å²) in [5.74, 6) is 0. The van der Waals surface area contributed by atoms with Crippen LogP contribution in [0, 0.1) is 6.92 Å². The van der Waals surface area contributed by atoms with Crippen LogP contribution in [0.3, 0.4) is 0 Å². The molecular formula is C9H8BrF3O. The van der Waals surface area contributed by atoms with Crippen LogP contribution in [0.5, 0.6) is 0 Å². The lowest BCUT2D eigenvalue weighted by atomic mass is 10.1. The van der Waals surface area contributed by atoms with Crippen molar-refractivity contribution in [3.63, 3.8) is 0 Å². The predicted molar refractivity (Wildman–Crippen MR) is 49.9 cm³/mol. The van der Waals surface area contributed by atoms with Crippen LogP contribution in [-0.4, -0.2) is 11.3 Å². The zero-order valence-corrected chi connectivity index (χ0v) is 8.85. The largest absolute Gasteiger partial charge is 0.418 e. The minimum Gasteiger partial charge on any atom is -0.379 e. The molecule has 14 heavy (non-hydrogen) atoms. The minimum atomic E-state index is -4.62. The van der Waals surface area contributed by atoms with Crippen molar-refractivity contribution in [2.45, 2.75) is 19.2 Å². The Kier molecular flexibility index (Phi) is 3.21. The molecule has 78 valence electrons. The van der Waals surface area contributed by atoms with Crippen LogP contribution in [-0.2, 0) is 0 Å². The van der Waals surface area contributed by atoms with Crippen LogP contribution in [0.2, 0.25) is 0 Å². The Labute approximate surface area is 87.7 Å². The molecule has 0 spiro atoms. The number of hydrogen-bond acceptors (Lipinski definition) is 1.